The van der Waals surface area contributed by atoms with Gasteiger partial charge in [-0.1, -0.05) is 13.3 Å². The van der Waals surface area contributed by atoms with Crippen LogP contribution in [0.1, 0.15) is 36.8 Å². The normalized spacial score (nSPS) is 17.2. The molecule has 2 aromatic heterocycles. The van der Waals surface area contributed by atoms with Crippen molar-refractivity contribution in [2.45, 2.75) is 30.6 Å². The zero-order valence-corrected chi connectivity index (χ0v) is 11.8. The maximum Gasteiger partial charge on any atom is 0.129 e. The summed E-state index contributed by atoms with van der Waals surface area (Å²) in [6.45, 7) is 3.13. The van der Waals surface area contributed by atoms with Crippen molar-refractivity contribution in [3.8, 4) is 0 Å². The van der Waals surface area contributed by atoms with Crippen LogP contribution in [-0.2, 0) is 0 Å². The lowest BCUT2D eigenvalue weighted by atomic mass is 9.97. The molecule has 2 aromatic rings. The average Bonchev–Trinajstić information content (AvgIpc) is 3.07. The van der Waals surface area contributed by atoms with Gasteiger partial charge in [-0.05, 0) is 23.8 Å². The van der Waals surface area contributed by atoms with E-state index < -0.39 is 0 Å². The van der Waals surface area contributed by atoms with Crippen LogP contribution in [-0.4, -0.2) is 27.5 Å². The van der Waals surface area contributed by atoms with Gasteiger partial charge < -0.3 is 5.32 Å². The molecule has 100 valence electrons. The number of fused-ring (bicyclic) bond motifs is 1. The fourth-order valence-corrected chi connectivity index (χ4v) is 3.35. The zero-order chi connectivity index (χ0) is 13.1. The van der Waals surface area contributed by atoms with E-state index in [1.54, 1.807) is 0 Å². The Morgan fingerprint density at radius 3 is 3.16 bits per heavy atom. The van der Waals surface area contributed by atoms with Gasteiger partial charge in [0.05, 0.1) is 6.20 Å². The fourth-order valence-electron chi connectivity index (χ4n) is 2.35. The number of thioether (sulfide) groups is 1. The van der Waals surface area contributed by atoms with Crippen molar-refractivity contribution >= 4 is 17.6 Å². The van der Waals surface area contributed by atoms with E-state index >= 15 is 0 Å². The van der Waals surface area contributed by atoms with Crippen molar-refractivity contribution in [3.05, 3.63) is 35.8 Å². The molecule has 0 aliphatic carbocycles. The van der Waals surface area contributed by atoms with Crippen molar-refractivity contribution in [2.75, 3.05) is 17.6 Å². The maximum absolute atomic E-state index is 4.54. The molecule has 0 radical (unpaired) electrons. The van der Waals surface area contributed by atoms with Crippen LogP contribution in [0.4, 0.5) is 5.82 Å². The van der Waals surface area contributed by atoms with Gasteiger partial charge in [0.25, 0.3) is 0 Å². The number of aromatic amines is 1. The highest BCUT2D eigenvalue weighted by atomic mass is 32.2. The van der Waals surface area contributed by atoms with Crippen LogP contribution in [0.15, 0.2) is 29.6 Å². The second-order valence-corrected chi connectivity index (χ2v) is 5.94. The fraction of sp³-hybridized carbons (Fsp3) is 0.429. The Balaban J connectivity index is 1.81. The average molecular weight is 274 g/mol. The van der Waals surface area contributed by atoms with Gasteiger partial charge in [0, 0.05) is 35.3 Å². The second kappa shape index (κ2) is 5.65. The molecule has 19 heavy (non-hydrogen) atoms. The first-order valence-electron chi connectivity index (χ1n) is 6.73. The number of anilines is 1. The van der Waals surface area contributed by atoms with Crippen molar-refractivity contribution in [1.82, 2.24) is 15.2 Å². The summed E-state index contributed by atoms with van der Waals surface area (Å²) in [4.78, 5) is 5.80. The molecule has 0 saturated heterocycles. The molecule has 0 aromatic carbocycles. The van der Waals surface area contributed by atoms with Gasteiger partial charge >= 0.3 is 0 Å². The van der Waals surface area contributed by atoms with Gasteiger partial charge in [0.2, 0.25) is 0 Å². The third-order valence-electron chi connectivity index (χ3n) is 3.43. The monoisotopic (exact) mass is 274 g/mol. The number of nitrogens with zero attached hydrogens (tertiary/aromatic N) is 2. The van der Waals surface area contributed by atoms with E-state index in [1.807, 2.05) is 30.4 Å². The van der Waals surface area contributed by atoms with Gasteiger partial charge in [-0.2, -0.15) is 5.10 Å². The van der Waals surface area contributed by atoms with Gasteiger partial charge in [0.1, 0.15) is 5.82 Å². The number of unbranched alkanes of at least 4 members (excludes halogenated alkanes) is 1. The number of hydrogen-bond donors (Lipinski definition) is 2. The van der Waals surface area contributed by atoms with Crippen molar-refractivity contribution < 1.29 is 0 Å². The maximum atomic E-state index is 4.54. The van der Waals surface area contributed by atoms with Crippen LogP contribution in [0.3, 0.4) is 0 Å². The first-order chi connectivity index (χ1) is 9.38. The molecule has 3 rings (SSSR count). The second-order valence-electron chi connectivity index (χ2n) is 4.78. The van der Waals surface area contributed by atoms with Crippen molar-refractivity contribution in [1.29, 1.82) is 0 Å². The van der Waals surface area contributed by atoms with E-state index in [2.05, 4.69) is 33.5 Å². The van der Waals surface area contributed by atoms with Crippen molar-refractivity contribution in [2.24, 2.45) is 0 Å². The van der Waals surface area contributed by atoms with Crippen LogP contribution in [0.25, 0.3) is 0 Å². The molecule has 1 aliphatic rings. The smallest absolute Gasteiger partial charge is 0.129 e. The highest BCUT2D eigenvalue weighted by Gasteiger charge is 2.25. The first-order valence-corrected chi connectivity index (χ1v) is 7.72. The van der Waals surface area contributed by atoms with Crippen LogP contribution in [0.5, 0.6) is 0 Å². The number of hydrogen-bond acceptors (Lipinski definition) is 4. The molecule has 5 heteroatoms. The Kier molecular flexibility index (Phi) is 3.73. The summed E-state index contributed by atoms with van der Waals surface area (Å²) in [6, 6.07) is 2.28. The SMILES string of the molecule is CCCCSc1cnc2c(c1)C(c1cn[nH]c1)CN2. The standard InChI is InChI=1S/C14H18N4S/c1-2-3-4-19-11-5-12-13(10-6-17-18-7-10)9-16-14(12)15-8-11/h5-8,13H,2-4,9H2,1H3,(H,15,16)(H,17,18). The molecule has 3 heterocycles. The summed E-state index contributed by atoms with van der Waals surface area (Å²) in [6.07, 6.45) is 8.34. The summed E-state index contributed by atoms with van der Waals surface area (Å²) in [5, 5.41) is 10.3. The number of pyridine rings is 1. The lowest BCUT2D eigenvalue weighted by molar-refractivity contribution is 0.894. The number of H-pyrrole nitrogens is 1. The van der Waals surface area contributed by atoms with Crippen molar-refractivity contribution in [3.63, 3.8) is 0 Å². The molecular formula is C14H18N4S. The Morgan fingerprint density at radius 2 is 2.37 bits per heavy atom. The minimum atomic E-state index is 0.368. The summed E-state index contributed by atoms with van der Waals surface area (Å²) < 4.78 is 0. The lowest BCUT2D eigenvalue weighted by Crippen LogP contribution is -2.02. The highest BCUT2D eigenvalue weighted by molar-refractivity contribution is 7.99. The molecule has 0 amide bonds. The lowest BCUT2D eigenvalue weighted by Gasteiger charge is -2.08. The Hall–Kier alpha value is -1.49. The largest absolute Gasteiger partial charge is 0.369 e. The Labute approximate surface area is 117 Å². The van der Waals surface area contributed by atoms with Crippen LogP contribution in [0, 0.1) is 0 Å². The molecule has 1 aliphatic heterocycles. The molecule has 1 unspecified atom stereocenters. The predicted octanol–water partition coefficient (Wildman–Crippen LogP) is 3.25. The van der Waals surface area contributed by atoms with E-state index in [0.29, 0.717) is 5.92 Å². The number of rotatable bonds is 5. The summed E-state index contributed by atoms with van der Waals surface area (Å²) in [5.74, 6) is 2.56. The van der Waals surface area contributed by atoms with Crippen LogP contribution < -0.4 is 5.32 Å². The molecule has 2 N–H and O–H groups in total. The molecule has 0 fully saturated rings. The molecule has 4 nitrogen and oxygen atoms in total. The number of nitrogens with one attached hydrogen (secondary N) is 2. The first kappa shape index (κ1) is 12.5. The van der Waals surface area contributed by atoms with E-state index in [1.165, 1.54) is 34.6 Å². The molecular weight excluding hydrogens is 256 g/mol. The minimum Gasteiger partial charge on any atom is -0.369 e. The topological polar surface area (TPSA) is 53.6 Å². The van der Waals surface area contributed by atoms with E-state index in [-0.39, 0.29) is 0 Å². The van der Waals surface area contributed by atoms with E-state index in [0.717, 1.165) is 12.4 Å². The van der Waals surface area contributed by atoms with E-state index in [9.17, 15) is 0 Å². The molecule has 0 bridgehead atoms. The van der Waals surface area contributed by atoms with Gasteiger partial charge in [-0.15, -0.1) is 11.8 Å². The van der Waals surface area contributed by atoms with Crippen LogP contribution in [0.2, 0.25) is 0 Å². The molecule has 0 spiro atoms. The van der Waals surface area contributed by atoms with E-state index in [4.69, 9.17) is 0 Å². The zero-order valence-electron chi connectivity index (χ0n) is 11.0. The minimum absolute atomic E-state index is 0.368. The summed E-state index contributed by atoms with van der Waals surface area (Å²) in [7, 11) is 0. The molecule has 1 atom stereocenters. The van der Waals surface area contributed by atoms with Gasteiger partial charge in [-0.25, -0.2) is 4.98 Å². The Morgan fingerprint density at radius 1 is 1.42 bits per heavy atom. The third-order valence-corrected chi connectivity index (χ3v) is 4.48. The van der Waals surface area contributed by atoms with Gasteiger partial charge in [0.15, 0.2) is 0 Å². The summed E-state index contributed by atoms with van der Waals surface area (Å²) in [5.41, 5.74) is 2.52. The third kappa shape index (κ3) is 2.61. The quantitative estimate of drug-likeness (QED) is 0.649. The Bertz CT molecular complexity index is 538. The predicted molar refractivity (Wildman–Crippen MR) is 78.8 cm³/mol. The number of aromatic nitrogens is 3. The highest BCUT2D eigenvalue weighted by Crippen LogP contribution is 2.36. The van der Waals surface area contributed by atoms with Crippen LogP contribution >= 0.6 is 11.8 Å². The molecule has 0 saturated carbocycles. The van der Waals surface area contributed by atoms with Gasteiger partial charge in [-0.3, -0.25) is 5.10 Å². The summed E-state index contributed by atoms with van der Waals surface area (Å²) >= 11 is 1.90.